The summed E-state index contributed by atoms with van der Waals surface area (Å²) in [4.78, 5) is 11.5. The van der Waals surface area contributed by atoms with Crippen LogP contribution in [0.15, 0.2) is 53.0 Å². The first-order valence-electron chi connectivity index (χ1n) is 7.14. The summed E-state index contributed by atoms with van der Waals surface area (Å²) < 4.78 is 11.9. The first-order valence-corrected chi connectivity index (χ1v) is 7.93. The molecule has 1 fully saturated rings. The highest BCUT2D eigenvalue weighted by molar-refractivity contribution is 9.10. The lowest BCUT2D eigenvalue weighted by atomic mass is 10.2. The fourth-order valence-electron chi connectivity index (χ4n) is 1.91. The SMILES string of the molecule is O=C(Nc1ccc(OCc2cccc(Br)c2)cc1)OC1CC1. The van der Waals surface area contributed by atoms with Crippen LogP contribution in [-0.2, 0) is 11.3 Å². The average Bonchev–Trinajstić information content (AvgIpc) is 3.30. The third-order valence-electron chi connectivity index (χ3n) is 3.19. The predicted octanol–water partition coefficient (Wildman–Crippen LogP) is 4.74. The fraction of sp³-hybridized carbons (Fsp3) is 0.235. The van der Waals surface area contributed by atoms with Crippen LogP contribution in [0.4, 0.5) is 10.5 Å². The van der Waals surface area contributed by atoms with E-state index in [9.17, 15) is 4.79 Å². The molecule has 0 bridgehead atoms. The van der Waals surface area contributed by atoms with Crippen LogP contribution < -0.4 is 10.1 Å². The Kier molecular flexibility index (Phi) is 4.63. The predicted molar refractivity (Wildman–Crippen MR) is 88.0 cm³/mol. The van der Waals surface area contributed by atoms with Crippen LogP contribution in [0.25, 0.3) is 0 Å². The van der Waals surface area contributed by atoms with Gasteiger partial charge in [0.1, 0.15) is 18.5 Å². The summed E-state index contributed by atoms with van der Waals surface area (Å²) in [5.74, 6) is 0.751. The number of carbonyl (C=O) groups is 1. The van der Waals surface area contributed by atoms with Crippen molar-refractivity contribution in [3.8, 4) is 5.75 Å². The smallest absolute Gasteiger partial charge is 0.411 e. The zero-order valence-corrected chi connectivity index (χ0v) is 13.5. The zero-order chi connectivity index (χ0) is 15.4. The van der Waals surface area contributed by atoms with Crippen LogP contribution in [0.5, 0.6) is 5.75 Å². The normalized spacial score (nSPS) is 13.5. The number of rotatable bonds is 5. The highest BCUT2D eigenvalue weighted by Crippen LogP contribution is 2.24. The summed E-state index contributed by atoms with van der Waals surface area (Å²) >= 11 is 3.43. The molecule has 114 valence electrons. The van der Waals surface area contributed by atoms with Crippen molar-refractivity contribution in [1.29, 1.82) is 0 Å². The van der Waals surface area contributed by atoms with Crippen molar-refractivity contribution in [2.75, 3.05) is 5.32 Å². The molecule has 0 atom stereocenters. The maximum absolute atomic E-state index is 11.5. The lowest BCUT2D eigenvalue weighted by Gasteiger charge is -2.09. The Labute approximate surface area is 137 Å². The highest BCUT2D eigenvalue weighted by atomic mass is 79.9. The molecule has 5 heteroatoms. The van der Waals surface area contributed by atoms with Gasteiger partial charge in [0.15, 0.2) is 0 Å². The number of hydrogen-bond acceptors (Lipinski definition) is 3. The molecule has 1 aliphatic rings. The van der Waals surface area contributed by atoms with Crippen LogP contribution in [-0.4, -0.2) is 12.2 Å². The first-order chi connectivity index (χ1) is 10.7. The van der Waals surface area contributed by atoms with Crippen molar-refractivity contribution in [2.45, 2.75) is 25.6 Å². The third kappa shape index (κ3) is 4.49. The molecule has 4 nitrogen and oxygen atoms in total. The molecule has 1 aliphatic carbocycles. The maximum atomic E-state index is 11.5. The lowest BCUT2D eigenvalue weighted by molar-refractivity contribution is 0.154. The number of amides is 1. The third-order valence-corrected chi connectivity index (χ3v) is 3.69. The second-order valence-electron chi connectivity index (χ2n) is 5.17. The fourth-order valence-corrected chi connectivity index (χ4v) is 2.36. The van der Waals surface area contributed by atoms with E-state index in [0.29, 0.717) is 12.3 Å². The Hall–Kier alpha value is -2.01. The van der Waals surface area contributed by atoms with E-state index in [4.69, 9.17) is 9.47 Å². The second-order valence-corrected chi connectivity index (χ2v) is 6.09. The number of benzene rings is 2. The Morgan fingerprint density at radius 2 is 1.95 bits per heavy atom. The number of nitrogens with one attached hydrogen (secondary N) is 1. The summed E-state index contributed by atoms with van der Waals surface area (Å²) in [5, 5.41) is 2.70. The lowest BCUT2D eigenvalue weighted by Crippen LogP contribution is -2.14. The second kappa shape index (κ2) is 6.83. The first kappa shape index (κ1) is 14.9. The molecule has 0 radical (unpaired) electrons. The molecule has 1 N–H and O–H groups in total. The summed E-state index contributed by atoms with van der Waals surface area (Å²) in [7, 11) is 0. The summed E-state index contributed by atoms with van der Waals surface area (Å²) in [6.45, 7) is 0.496. The van der Waals surface area contributed by atoms with Crippen LogP contribution in [0.3, 0.4) is 0 Å². The van der Waals surface area contributed by atoms with Crippen LogP contribution in [0, 0.1) is 0 Å². The number of carbonyl (C=O) groups excluding carboxylic acids is 1. The Morgan fingerprint density at radius 3 is 2.64 bits per heavy atom. The van der Waals surface area contributed by atoms with E-state index in [-0.39, 0.29) is 6.10 Å². The zero-order valence-electron chi connectivity index (χ0n) is 11.9. The van der Waals surface area contributed by atoms with Gasteiger partial charge in [-0.3, -0.25) is 5.32 Å². The largest absolute Gasteiger partial charge is 0.489 e. The Morgan fingerprint density at radius 1 is 1.18 bits per heavy atom. The van der Waals surface area contributed by atoms with E-state index >= 15 is 0 Å². The minimum absolute atomic E-state index is 0.104. The van der Waals surface area contributed by atoms with Crippen molar-refractivity contribution in [1.82, 2.24) is 0 Å². The van der Waals surface area contributed by atoms with Gasteiger partial charge in [0.25, 0.3) is 0 Å². The molecule has 22 heavy (non-hydrogen) atoms. The number of halogens is 1. The van der Waals surface area contributed by atoms with Gasteiger partial charge in [0.2, 0.25) is 0 Å². The van der Waals surface area contributed by atoms with Gasteiger partial charge in [-0.2, -0.15) is 0 Å². The van der Waals surface area contributed by atoms with E-state index in [0.717, 1.165) is 28.6 Å². The Bertz CT molecular complexity index is 653. The molecule has 3 rings (SSSR count). The van der Waals surface area contributed by atoms with E-state index in [2.05, 4.69) is 21.2 Å². The van der Waals surface area contributed by atoms with Crippen LogP contribution >= 0.6 is 15.9 Å². The van der Waals surface area contributed by atoms with Crippen molar-refractivity contribution in [3.05, 3.63) is 58.6 Å². The molecule has 0 aliphatic heterocycles. The summed E-state index contributed by atoms with van der Waals surface area (Å²) in [6.07, 6.45) is 1.64. The summed E-state index contributed by atoms with van der Waals surface area (Å²) in [6, 6.07) is 15.2. The molecule has 2 aromatic carbocycles. The van der Waals surface area contributed by atoms with Crippen molar-refractivity contribution < 1.29 is 14.3 Å². The van der Waals surface area contributed by atoms with E-state index < -0.39 is 6.09 Å². The summed E-state index contributed by atoms with van der Waals surface area (Å²) in [5.41, 5.74) is 1.78. The van der Waals surface area contributed by atoms with Gasteiger partial charge in [-0.1, -0.05) is 28.1 Å². The van der Waals surface area contributed by atoms with Crippen LogP contribution in [0.1, 0.15) is 18.4 Å². The quantitative estimate of drug-likeness (QED) is 0.836. The van der Waals surface area contributed by atoms with Gasteiger partial charge in [0.05, 0.1) is 0 Å². The van der Waals surface area contributed by atoms with Crippen molar-refractivity contribution in [3.63, 3.8) is 0 Å². The van der Waals surface area contributed by atoms with Gasteiger partial charge in [-0.05, 0) is 54.8 Å². The molecular formula is C17H16BrNO3. The number of ether oxygens (including phenoxy) is 2. The average molecular weight is 362 g/mol. The maximum Gasteiger partial charge on any atom is 0.411 e. The minimum atomic E-state index is -0.398. The van der Waals surface area contributed by atoms with Gasteiger partial charge in [-0.25, -0.2) is 4.79 Å². The molecule has 0 saturated heterocycles. The molecule has 0 aromatic heterocycles. The number of hydrogen-bond donors (Lipinski definition) is 1. The van der Waals surface area contributed by atoms with E-state index in [1.165, 1.54) is 0 Å². The van der Waals surface area contributed by atoms with Gasteiger partial charge in [0, 0.05) is 10.2 Å². The molecule has 0 unspecified atom stereocenters. The molecule has 1 amide bonds. The van der Waals surface area contributed by atoms with E-state index in [1.54, 1.807) is 12.1 Å². The minimum Gasteiger partial charge on any atom is -0.489 e. The number of anilines is 1. The van der Waals surface area contributed by atoms with Gasteiger partial charge in [-0.15, -0.1) is 0 Å². The van der Waals surface area contributed by atoms with Crippen molar-refractivity contribution in [2.24, 2.45) is 0 Å². The van der Waals surface area contributed by atoms with Gasteiger partial charge < -0.3 is 9.47 Å². The van der Waals surface area contributed by atoms with E-state index in [1.807, 2.05) is 36.4 Å². The molecular weight excluding hydrogens is 346 g/mol. The topological polar surface area (TPSA) is 47.6 Å². The molecule has 0 spiro atoms. The van der Waals surface area contributed by atoms with Crippen molar-refractivity contribution >= 4 is 27.7 Å². The monoisotopic (exact) mass is 361 g/mol. The standard InChI is InChI=1S/C17H16BrNO3/c18-13-3-1-2-12(10-13)11-21-15-6-4-14(5-7-15)19-17(20)22-16-8-9-16/h1-7,10,16H,8-9,11H2,(H,19,20). The highest BCUT2D eigenvalue weighted by Gasteiger charge is 2.25. The Balaban J connectivity index is 1.51. The van der Waals surface area contributed by atoms with Crippen LogP contribution in [0.2, 0.25) is 0 Å². The molecule has 2 aromatic rings. The molecule has 1 saturated carbocycles. The molecule has 0 heterocycles. The van der Waals surface area contributed by atoms with Gasteiger partial charge >= 0.3 is 6.09 Å².